The average molecular weight is 335 g/mol. The summed E-state index contributed by atoms with van der Waals surface area (Å²) >= 11 is 0. The van der Waals surface area contributed by atoms with Gasteiger partial charge in [0, 0.05) is 30.9 Å². The highest BCUT2D eigenvalue weighted by Crippen LogP contribution is 2.26. The smallest absolute Gasteiger partial charge is 0.231 e. The average Bonchev–Trinajstić information content (AvgIpc) is 3.27. The highest BCUT2D eigenvalue weighted by Gasteiger charge is 2.23. The molecule has 0 unspecified atom stereocenters. The van der Waals surface area contributed by atoms with Crippen molar-refractivity contribution >= 4 is 18.1 Å². The molecule has 3 heterocycles. The van der Waals surface area contributed by atoms with Crippen LogP contribution in [0, 0.1) is 0 Å². The quantitative estimate of drug-likeness (QED) is 0.934. The Balaban J connectivity index is 0.00000156. The van der Waals surface area contributed by atoms with Gasteiger partial charge in [-0.3, -0.25) is 0 Å². The molecule has 0 saturated carbocycles. The molecular formula is C17H23ClN4O. The van der Waals surface area contributed by atoms with Gasteiger partial charge >= 0.3 is 0 Å². The molecule has 23 heavy (non-hydrogen) atoms. The Morgan fingerprint density at radius 2 is 1.87 bits per heavy atom. The summed E-state index contributed by atoms with van der Waals surface area (Å²) in [6.45, 7) is 4.31. The van der Waals surface area contributed by atoms with E-state index in [9.17, 15) is 0 Å². The molecule has 124 valence electrons. The van der Waals surface area contributed by atoms with Crippen LogP contribution in [0.5, 0.6) is 0 Å². The van der Waals surface area contributed by atoms with Gasteiger partial charge in [-0.1, -0.05) is 5.16 Å². The number of hydrogen-bond acceptors (Lipinski definition) is 5. The van der Waals surface area contributed by atoms with Crippen molar-refractivity contribution in [3.8, 4) is 11.4 Å². The molecule has 1 N–H and O–H groups in total. The van der Waals surface area contributed by atoms with E-state index in [4.69, 9.17) is 4.52 Å². The Hall–Kier alpha value is -1.59. The van der Waals surface area contributed by atoms with Gasteiger partial charge < -0.3 is 14.7 Å². The number of aromatic nitrogens is 2. The standard InChI is InChI=1S/C17H22N4O.ClH/c1-2-10-21(11-3-1)15-6-4-13(5-7-15)16-19-17(22-20-16)14-8-9-18-12-14;/h4-7,14,18H,1-3,8-12H2;1H/t14-;/m1./s1. The lowest BCUT2D eigenvalue weighted by atomic mass is 10.1. The Bertz CT molecular complexity index is 616. The number of rotatable bonds is 3. The van der Waals surface area contributed by atoms with Crippen molar-refractivity contribution in [2.24, 2.45) is 0 Å². The second kappa shape index (κ2) is 7.32. The number of nitrogens with one attached hydrogen (secondary N) is 1. The van der Waals surface area contributed by atoms with Crippen LogP contribution in [-0.2, 0) is 0 Å². The first-order valence-electron chi connectivity index (χ1n) is 8.30. The largest absolute Gasteiger partial charge is 0.372 e. The first-order chi connectivity index (χ1) is 10.9. The summed E-state index contributed by atoms with van der Waals surface area (Å²) in [6, 6.07) is 8.55. The lowest BCUT2D eigenvalue weighted by Gasteiger charge is -2.28. The fraction of sp³-hybridized carbons (Fsp3) is 0.529. The van der Waals surface area contributed by atoms with Crippen molar-refractivity contribution in [2.45, 2.75) is 31.6 Å². The van der Waals surface area contributed by atoms with E-state index >= 15 is 0 Å². The number of nitrogens with zero attached hydrogens (tertiary/aromatic N) is 3. The molecule has 0 spiro atoms. The van der Waals surface area contributed by atoms with E-state index in [-0.39, 0.29) is 12.4 Å². The lowest BCUT2D eigenvalue weighted by molar-refractivity contribution is 0.359. The Morgan fingerprint density at radius 3 is 2.57 bits per heavy atom. The second-order valence-electron chi connectivity index (χ2n) is 6.24. The van der Waals surface area contributed by atoms with E-state index in [1.165, 1.54) is 38.0 Å². The molecule has 1 atom stereocenters. The van der Waals surface area contributed by atoms with Crippen molar-refractivity contribution in [1.29, 1.82) is 0 Å². The molecular weight excluding hydrogens is 312 g/mol. The van der Waals surface area contributed by atoms with Crippen molar-refractivity contribution in [1.82, 2.24) is 15.5 Å². The van der Waals surface area contributed by atoms with Crippen molar-refractivity contribution in [3.05, 3.63) is 30.2 Å². The van der Waals surface area contributed by atoms with E-state index in [1.807, 2.05) is 0 Å². The van der Waals surface area contributed by atoms with E-state index in [1.54, 1.807) is 0 Å². The van der Waals surface area contributed by atoms with E-state index in [2.05, 4.69) is 44.6 Å². The summed E-state index contributed by atoms with van der Waals surface area (Å²) in [6.07, 6.45) is 5.03. The van der Waals surface area contributed by atoms with Gasteiger partial charge in [0.25, 0.3) is 0 Å². The molecule has 5 nitrogen and oxygen atoms in total. The van der Waals surface area contributed by atoms with Gasteiger partial charge in [-0.2, -0.15) is 4.98 Å². The van der Waals surface area contributed by atoms with E-state index < -0.39 is 0 Å². The van der Waals surface area contributed by atoms with Crippen LogP contribution in [0.1, 0.15) is 37.5 Å². The number of hydrogen-bond donors (Lipinski definition) is 1. The first kappa shape index (κ1) is 16.3. The highest BCUT2D eigenvalue weighted by atomic mass is 35.5. The van der Waals surface area contributed by atoms with Crippen molar-refractivity contribution in [3.63, 3.8) is 0 Å². The molecule has 2 aromatic rings. The summed E-state index contributed by atoms with van der Waals surface area (Å²) in [5, 5.41) is 7.48. The minimum Gasteiger partial charge on any atom is -0.372 e. The van der Waals surface area contributed by atoms with Gasteiger partial charge in [-0.25, -0.2) is 0 Å². The topological polar surface area (TPSA) is 54.2 Å². The fourth-order valence-electron chi connectivity index (χ4n) is 3.36. The van der Waals surface area contributed by atoms with Crippen LogP contribution in [0.4, 0.5) is 5.69 Å². The number of benzene rings is 1. The third kappa shape index (κ3) is 3.51. The van der Waals surface area contributed by atoms with Crippen LogP contribution >= 0.6 is 12.4 Å². The molecule has 2 fully saturated rings. The zero-order chi connectivity index (χ0) is 14.8. The van der Waals surface area contributed by atoms with Gasteiger partial charge in [0.2, 0.25) is 11.7 Å². The summed E-state index contributed by atoms with van der Waals surface area (Å²) in [7, 11) is 0. The normalized spacial score (nSPS) is 21.2. The minimum absolute atomic E-state index is 0. The molecule has 1 aromatic heterocycles. The van der Waals surface area contributed by atoms with Crippen molar-refractivity contribution < 1.29 is 4.52 Å². The summed E-state index contributed by atoms with van der Waals surface area (Å²) in [5.74, 6) is 1.83. The Morgan fingerprint density at radius 1 is 1.09 bits per heavy atom. The maximum absolute atomic E-state index is 5.44. The van der Waals surface area contributed by atoms with Crippen LogP contribution in [0.3, 0.4) is 0 Å². The summed E-state index contributed by atoms with van der Waals surface area (Å²) < 4.78 is 5.44. The highest BCUT2D eigenvalue weighted by molar-refractivity contribution is 5.85. The number of halogens is 1. The predicted molar refractivity (Wildman–Crippen MR) is 93.3 cm³/mol. The van der Waals surface area contributed by atoms with Gasteiger partial charge in [0.1, 0.15) is 0 Å². The third-order valence-electron chi connectivity index (χ3n) is 4.70. The minimum atomic E-state index is 0. The maximum atomic E-state index is 5.44. The molecule has 0 bridgehead atoms. The molecule has 0 radical (unpaired) electrons. The second-order valence-corrected chi connectivity index (χ2v) is 6.24. The van der Waals surface area contributed by atoms with Crippen LogP contribution < -0.4 is 10.2 Å². The Labute approximate surface area is 142 Å². The van der Waals surface area contributed by atoms with Gasteiger partial charge in [0.05, 0.1) is 5.92 Å². The molecule has 0 amide bonds. The number of anilines is 1. The molecule has 6 heteroatoms. The number of piperidine rings is 1. The first-order valence-corrected chi connectivity index (χ1v) is 8.30. The van der Waals surface area contributed by atoms with Gasteiger partial charge in [0.15, 0.2) is 0 Å². The molecule has 0 aliphatic carbocycles. The van der Waals surface area contributed by atoms with Crippen LogP contribution in [0.15, 0.2) is 28.8 Å². The third-order valence-corrected chi connectivity index (χ3v) is 4.70. The monoisotopic (exact) mass is 334 g/mol. The molecule has 2 aliphatic rings. The summed E-state index contributed by atoms with van der Waals surface area (Å²) in [5.41, 5.74) is 2.33. The molecule has 2 aliphatic heterocycles. The van der Waals surface area contributed by atoms with Gasteiger partial charge in [-0.05, 0) is 56.5 Å². The zero-order valence-corrected chi connectivity index (χ0v) is 14.0. The maximum Gasteiger partial charge on any atom is 0.231 e. The van der Waals surface area contributed by atoms with Crippen LogP contribution in [0.25, 0.3) is 11.4 Å². The van der Waals surface area contributed by atoms with E-state index in [0.717, 1.165) is 31.0 Å². The van der Waals surface area contributed by atoms with Crippen LogP contribution in [-0.4, -0.2) is 36.3 Å². The predicted octanol–water partition coefficient (Wildman–Crippen LogP) is 3.23. The summed E-state index contributed by atoms with van der Waals surface area (Å²) in [4.78, 5) is 7.03. The SMILES string of the molecule is Cl.c1cc(N2CCCCC2)ccc1-c1noc([C@@H]2CCNC2)n1. The van der Waals surface area contributed by atoms with Crippen molar-refractivity contribution in [2.75, 3.05) is 31.1 Å². The van der Waals surface area contributed by atoms with Gasteiger partial charge in [-0.15, -0.1) is 12.4 Å². The molecule has 2 saturated heterocycles. The lowest BCUT2D eigenvalue weighted by Crippen LogP contribution is -2.29. The Kier molecular flexibility index (Phi) is 5.18. The fourth-order valence-corrected chi connectivity index (χ4v) is 3.36. The zero-order valence-electron chi connectivity index (χ0n) is 13.2. The van der Waals surface area contributed by atoms with Crippen LogP contribution in [0.2, 0.25) is 0 Å². The molecule has 4 rings (SSSR count). The van der Waals surface area contributed by atoms with E-state index in [0.29, 0.717) is 11.7 Å². The molecule has 1 aromatic carbocycles.